The van der Waals surface area contributed by atoms with Gasteiger partial charge in [0, 0.05) is 31.2 Å². The summed E-state index contributed by atoms with van der Waals surface area (Å²) in [5.74, 6) is 0.448. The van der Waals surface area contributed by atoms with E-state index in [0.717, 1.165) is 40.2 Å². The highest BCUT2D eigenvalue weighted by Gasteiger charge is 2.23. The molecule has 0 unspecified atom stereocenters. The zero-order valence-electron chi connectivity index (χ0n) is 17.8. The Morgan fingerprint density at radius 3 is 2.68 bits per heavy atom. The minimum Gasteiger partial charge on any atom is -0.381 e. The summed E-state index contributed by atoms with van der Waals surface area (Å²) in [5.41, 5.74) is 4.14. The molecular weight excluding hydrogens is 412 g/mol. The van der Waals surface area contributed by atoms with Crippen LogP contribution in [0, 0.1) is 13.8 Å². The smallest absolute Gasteiger partial charge is 0.330 e. The van der Waals surface area contributed by atoms with Gasteiger partial charge in [-0.2, -0.15) is 4.98 Å². The molecule has 0 amide bonds. The summed E-state index contributed by atoms with van der Waals surface area (Å²) in [4.78, 5) is 29.0. The van der Waals surface area contributed by atoms with Gasteiger partial charge in [-0.15, -0.1) is 11.3 Å². The lowest BCUT2D eigenvalue weighted by Crippen LogP contribution is -2.30. The third-order valence-electron chi connectivity index (χ3n) is 5.74. The van der Waals surface area contributed by atoms with Crippen LogP contribution < -0.4 is 11.0 Å². The number of nitrogens with one attached hydrogen (secondary N) is 1. The molecule has 4 aromatic rings. The van der Waals surface area contributed by atoms with Gasteiger partial charge in [0.05, 0.1) is 28.7 Å². The van der Waals surface area contributed by atoms with E-state index in [9.17, 15) is 4.79 Å². The van der Waals surface area contributed by atoms with E-state index in [1.54, 1.807) is 33.7 Å². The van der Waals surface area contributed by atoms with Crippen LogP contribution in [0.15, 0.2) is 35.4 Å². The summed E-state index contributed by atoms with van der Waals surface area (Å²) in [6.45, 7) is 5.44. The van der Waals surface area contributed by atoms with Gasteiger partial charge in [0.15, 0.2) is 5.65 Å². The van der Waals surface area contributed by atoms with Crippen LogP contribution in [0.1, 0.15) is 29.3 Å². The Bertz CT molecular complexity index is 1320. The molecule has 0 spiro atoms. The van der Waals surface area contributed by atoms with Crippen LogP contribution in [0.25, 0.3) is 21.7 Å². The monoisotopic (exact) mass is 436 g/mol. The molecule has 0 aliphatic carbocycles. The molecule has 1 aliphatic rings. The normalized spacial score (nSPS) is 14.9. The van der Waals surface area contributed by atoms with Crippen molar-refractivity contribution in [3.63, 3.8) is 0 Å². The maximum absolute atomic E-state index is 12.9. The maximum Gasteiger partial charge on any atom is 0.330 e. The van der Waals surface area contributed by atoms with E-state index in [1.165, 1.54) is 4.88 Å². The molecule has 0 saturated carbocycles. The average Bonchev–Trinajstić information content (AvgIpc) is 3.31. The second kappa shape index (κ2) is 7.90. The summed E-state index contributed by atoms with van der Waals surface area (Å²) >= 11 is 1.73. The molecule has 1 fully saturated rings. The van der Waals surface area contributed by atoms with Gasteiger partial charge in [-0.1, -0.05) is 0 Å². The second-order valence-electron chi connectivity index (χ2n) is 7.88. The molecule has 0 atom stereocenters. The highest BCUT2D eigenvalue weighted by atomic mass is 32.1. The number of fused-ring (bicyclic) bond motifs is 1. The standard InChI is InChI=1S/C22H24N6O2S/c1-13-10-16(19-5-4-14(2)31-19)23-11-17(13)25-21-24-12-18-20(26-21)28(22(29)27(18)3)15-6-8-30-9-7-15/h4-5,10-12,15H,6-9H2,1-3H3,(H,24,25,26). The van der Waals surface area contributed by atoms with Crippen molar-refractivity contribution >= 4 is 34.1 Å². The molecule has 1 N–H and O–H groups in total. The first-order valence-electron chi connectivity index (χ1n) is 10.3. The molecule has 8 nitrogen and oxygen atoms in total. The molecule has 9 heteroatoms. The number of anilines is 2. The molecule has 0 radical (unpaired) electrons. The Morgan fingerprint density at radius 1 is 1.16 bits per heavy atom. The number of aromatic nitrogens is 5. The van der Waals surface area contributed by atoms with Crippen LogP contribution in [0.2, 0.25) is 0 Å². The van der Waals surface area contributed by atoms with E-state index in [-0.39, 0.29) is 11.7 Å². The van der Waals surface area contributed by atoms with Crippen LogP contribution >= 0.6 is 11.3 Å². The number of nitrogens with zero attached hydrogens (tertiary/aromatic N) is 5. The first-order chi connectivity index (χ1) is 15.0. The van der Waals surface area contributed by atoms with E-state index >= 15 is 0 Å². The number of pyridine rings is 1. The van der Waals surface area contributed by atoms with Gasteiger partial charge in [-0.3, -0.25) is 14.1 Å². The Balaban J connectivity index is 1.49. The topological polar surface area (TPSA) is 86.9 Å². The summed E-state index contributed by atoms with van der Waals surface area (Å²) in [6, 6.07) is 6.35. The molecule has 0 aromatic carbocycles. The van der Waals surface area contributed by atoms with Crippen molar-refractivity contribution in [1.29, 1.82) is 0 Å². The van der Waals surface area contributed by atoms with E-state index in [0.29, 0.717) is 24.8 Å². The molecule has 4 aromatic heterocycles. The highest BCUT2D eigenvalue weighted by molar-refractivity contribution is 7.15. The third kappa shape index (κ3) is 3.64. The molecular formula is C22H24N6O2S. The zero-order chi connectivity index (χ0) is 21.5. The lowest BCUT2D eigenvalue weighted by molar-refractivity contribution is 0.0695. The Hall–Kier alpha value is -3.04. The average molecular weight is 437 g/mol. The first-order valence-corrected chi connectivity index (χ1v) is 11.1. The van der Waals surface area contributed by atoms with Crippen molar-refractivity contribution in [2.75, 3.05) is 18.5 Å². The lowest BCUT2D eigenvalue weighted by Gasteiger charge is -2.22. The van der Waals surface area contributed by atoms with Crippen molar-refractivity contribution in [1.82, 2.24) is 24.1 Å². The van der Waals surface area contributed by atoms with E-state index < -0.39 is 0 Å². The fourth-order valence-electron chi connectivity index (χ4n) is 3.98. The predicted molar refractivity (Wildman–Crippen MR) is 122 cm³/mol. The Morgan fingerprint density at radius 2 is 1.97 bits per heavy atom. The van der Waals surface area contributed by atoms with Gasteiger partial charge < -0.3 is 10.1 Å². The number of rotatable bonds is 4. The van der Waals surface area contributed by atoms with Crippen molar-refractivity contribution < 1.29 is 4.74 Å². The number of imidazole rings is 1. The summed E-state index contributed by atoms with van der Waals surface area (Å²) in [6.07, 6.45) is 5.12. The number of ether oxygens (including phenoxy) is 1. The fourth-order valence-corrected chi connectivity index (χ4v) is 4.82. The van der Waals surface area contributed by atoms with Gasteiger partial charge in [-0.05, 0) is 50.5 Å². The van der Waals surface area contributed by atoms with Crippen LogP contribution in [-0.2, 0) is 11.8 Å². The summed E-state index contributed by atoms with van der Waals surface area (Å²) < 4.78 is 8.87. The molecule has 31 heavy (non-hydrogen) atoms. The predicted octanol–water partition coefficient (Wildman–Crippen LogP) is 3.97. The highest BCUT2D eigenvalue weighted by Crippen LogP contribution is 2.29. The maximum atomic E-state index is 12.9. The van der Waals surface area contributed by atoms with Gasteiger partial charge >= 0.3 is 5.69 Å². The third-order valence-corrected chi connectivity index (χ3v) is 6.76. The molecule has 0 bridgehead atoms. The summed E-state index contributed by atoms with van der Waals surface area (Å²) in [7, 11) is 1.76. The largest absolute Gasteiger partial charge is 0.381 e. The summed E-state index contributed by atoms with van der Waals surface area (Å²) in [5, 5.41) is 3.28. The molecule has 1 saturated heterocycles. The number of hydrogen-bond donors (Lipinski definition) is 1. The first kappa shape index (κ1) is 19.9. The van der Waals surface area contributed by atoms with Crippen LogP contribution in [0.3, 0.4) is 0 Å². The molecule has 1 aliphatic heterocycles. The van der Waals surface area contributed by atoms with Crippen molar-refractivity contribution in [3.05, 3.63) is 51.5 Å². The Kier molecular flexibility index (Phi) is 5.07. The molecule has 160 valence electrons. The van der Waals surface area contributed by atoms with E-state index in [1.807, 2.05) is 13.1 Å². The number of aryl methyl sites for hydroxylation is 3. The SMILES string of the molecule is Cc1ccc(-c2cc(C)c(Nc3ncc4c(n3)n(C3CCOCC3)c(=O)n4C)cn2)s1. The number of thiophene rings is 1. The molecule has 5 rings (SSSR count). The quantitative estimate of drug-likeness (QED) is 0.521. The lowest BCUT2D eigenvalue weighted by atomic mass is 10.1. The van der Waals surface area contributed by atoms with Gasteiger partial charge in [0.25, 0.3) is 0 Å². The van der Waals surface area contributed by atoms with E-state index in [2.05, 4.69) is 40.4 Å². The van der Waals surface area contributed by atoms with Gasteiger partial charge in [0.2, 0.25) is 5.95 Å². The van der Waals surface area contributed by atoms with E-state index in [4.69, 9.17) is 9.72 Å². The van der Waals surface area contributed by atoms with Gasteiger partial charge in [-0.25, -0.2) is 9.78 Å². The molecule has 5 heterocycles. The van der Waals surface area contributed by atoms with Crippen molar-refractivity contribution in [3.8, 4) is 10.6 Å². The number of hydrogen-bond acceptors (Lipinski definition) is 7. The fraction of sp³-hybridized carbons (Fsp3) is 0.364. The van der Waals surface area contributed by atoms with Crippen LogP contribution in [0.4, 0.5) is 11.6 Å². The Labute approximate surface area is 183 Å². The van der Waals surface area contributed by atoms with Crippen LogP contribution in [-0.4, -0.2) is 37.3 Å². The van der Waals surface area contributed by atoms with Crippen molar-refractivity contribution in [2.45, 2.75) is 32.7 Å². The van der Waals surface area contributed by atoms with Crippen molar-refractivity contribution in [2.24, 2.45) is 7.05 Å². The second-order valence-corrected chi connectivity index (χ2v) is 9.17. The zero-order valence-corrected chi connectivity index (χ0v) is 18.6. The van der Waals surface area contributed by atoms with Crippen LogP contribution in [0.5, 0.6) is 0 Å². The minimum absolute atomic E-state index is 0.0678. The van der Waals surface area contributed by atoms with Gasteiger partial charge in [0.1, 0.15) is 5.52 Å². The minimum atomic E-state index is -0.0678.